The van der Waals surface area contributed by atoms with E-state index in [1.54, 1.807) is 11.1 Å². The van der Waals surface area contributed by atoms with Gasteiger partial charge in [0.25, 0.3) is 5.91 Å². The Morgan fingerprint density at radius 3 is 2.46 bits per heavy atom. The Hall–Kier alpha value is -2.89. The van der Waals surface area contributed by atoms with Crippen LogP contribution in [0.1, 0.15) is 22.8 Å². The van der Waals surface area contributed by atoms with Gasteiger partial charge in [-0.05, 0) is 30.7 Å². The van der Waals surface area contributed by atoms with Crippen LogP contribution in [0.4, 0.5) is 5.82 Å². The van der Waals surface area contributed by atoms with Crippen molar-refractivity contribution >= 4 is 17.6 Å². The molecule has 1 atom stereocenters. The quantitative estimate of drug-likeness (QED) is 0.847. The minimum atomic E-state index is -0.448. The summed E-state index contributed by atoms with van der Waals surface area (Å²) in [5, 5.41) is 0. The van der Waals surface area contributed by atoms with Crippen LogP contribution in [0, 0.1) is 0 Å². The van der Waals surface area contributed by atoms with Crippen LogP contribution < -0.4 is 4.90 Å². The van der Waals surface area contributed by atoms with Crippen molar-refractivity contribution < 1.29 is 9.59 Å². The zero-order chi connectivity index (χ0) is 18.1. The molecule has 134 valence electrons. The maximum absolute atomic E-state index is 12.9. The molecule has 26 heavy (non-hydrogen) atoms. The largest absolute Gasteiger partial charge is 0.353 e. The molecule has 6 nitrogen and oxygen atoms in total. The molecule has 2 aliphatic heterocycles. The van der Waals surface area contributed by atoms with Gasteiger partial charge in [-0.1, -0.05) is 24.3 Å². The highest BCUT2D eigenvalue weighted by atomic mass is 16.2. The van der Waals surface area contributed by atoms with E-state index in [0.717, 1.165) is 24.5 Å². The first-order valence-electron chi connectivity index (χ1n) is 8.99. The van der Waals surface area contributed by atoms with Crippen LogP contribution in [0.3, 0.4) is 0 Å². The van der Waals surface area contributed by atoms with Crippen LogP contribution in [0.25, 0.3) is 0 Å². The van der Waals surface area contributed by atoms with Crippen LogP contribution in [-0.2, 0) is 11.3 Å². The molecule has 1 fully saturated rings. The predicted molar refractivity (Wildman–Crippen MR) is 98.8 cm³/mol. The zero-order valence-corrected chi connectivity index (χ0v) is 14.8. The van der Waals surface area contributed by atoms with Gasteiger partial charge in [0.1, 0.15) is 11.9 Å². The topological polar surface area (TPSA) is 56.8 Å². The van der Waals surface area contributed by atoms with Crippen molar-refractivity contribution in [3.63, 3.8) is 0 Å². The lowest BCUT2D eigenvalue weighted by molar-refractivity contribution is -0.136. The number of nitrogens with zero attached hydrogens (tertiary/aromatic N) is 4. The summed E-state index contributed by atoms with van der Waals surface area (Å²) in [4.78, 5) is 35.6. The Morgan fingerprint density at radius 1 is 1.04 bits per heavy atom. The molecular weight excluding hydrogens is 328 g/mol. The monoisotopic (exact) mass is 350 g/mol. The molecule has 1 aromatic heterocycles. The molecular formula is C20H22N4O2. The number of hydrogen-bond donors (Lipinski definition) is 0. The van der Waals surface area contributed by atoms with Crippen molar-refractivity contribution in [1.82, 2.24) is 14.8 Å². The number of hydrogen-bond acceptors (Lipinski definition) is 4. The number of carbonyl (C=O) groups is 2. The second kappa shape index (κ2) is 6.78. The van der Waals surface area contributed by atoms with E-state index in [1.165, 1.54) is 0 Å². The van der Waals surface area contributed by atoms with E-state index in [9.17, 15) is 9.59 Å². The number of piperazine rings is 1. The first kappa shape index (κ1) is 16.6. The van der Waals surface area contributed by atoms with Gasteiger partial charge in [-0.25, -0.2) is 4.98 Å². The molecule has 3 heterocycles. The highest BCUT2D eigenvalue weighted by molar-refractivity contribution is 6.01. The molecule has 0 unspecified atom stereocenters. The molecule has 6 heteroatoms. The summed E-state index contributed by atoms with van der Waals surface area (Å²) in [5.41, 5.74) is 1.71. The Balaban J connectivity index is 1.39. The molecule has 0 N–H and O–H groups in total. The van der Waals surface area contributed by atoms with Crippen molar-refractivity contribution in [2.45, 2.75) is 19.5 Å². The third-order valence-electron chi connectivity index (χ3n) is 5.24. The molecule has 0 radical (unpaired) electrons. The fraction of sp³-hybridized carbons (Fsp3) is 0.350. The van der Waals surface area contributed by atoms with Crippen molar-refractivity contribution in [2.24, 2.45) is 0 Å². The second-order valence-corrected chi connectivity index (χ2v) is 6.77. The molecule has 2 aliphatic rings. The number of fused-ring (bicyclic) bond motifs is 1. The third-order valence-corrected chi connectivity index (χ3v) is 5.24. The molecule has 1 aromatic carbocycles. The van der Waals surface area contributed by atoms with E-state index < -0.39 is 6.04 Å². The van der Waals surface area contributed by atoms with Gasteiger partial charge in [-0.2, -0.15) is 0 Å². The van der Waals surface area contributed by atoms with Gasteiger partial charge in [0.15, 0.2) is 0 Å². The molecule has 0 spiro atoms. The summed E-state index contributed by atoms with van der Waals surface area (Å²) in [6.45, 7) is 5.14. The van der Waals surface area contributed by atoms with Crippen LogP contribution in [-0.4, -0.2) is 58.8 Å². The summed E-state index contributed by atoms with van der Waals surface area (Å²) in [7, 11) is 0. The maximum Gasteiger partial charge on any atom is 0.255 e. The lowest BCUT2D eigenvalue weighted by atomic mass is 10.1. The molecule has 0 bridgehead atoms. The Bertz CT molecular complexity index is 816. The number of rotatable bonds is 3. The summed E-state index contributed by atoms with van der Waals surface area (Å²) in [5.74, 6) is 0.915. The Kier molecular flexibility index (Phi) is 4.32. The lowest BCUT2D eigenvalue weighted by Crippen LogP contribution is -2.54. The standard InChI is InChI=1S/C20H22N4O2/c1-15(24-14-16-6-2-3-7-17(16)20(24)26)19(25)23-12-10-22(11-13-23)18-8-4-5-9-21-18/h2-9,15H,10-14H2,1H3/t15-/m1/s1. The van der Waals surface area contributed by atoms with E-state index >= 15 is 0 Å². The summed E-state index contributed by atoms with van der Waals surface area (Å²) < 4.78 is 0. The average Bonchev–Trinajstić information content (AvgIpc) is 3.04. The summed E-state index contributed by atoms with van der Waals surface area (Å²) in [6.07, 6.45) is 1.78. The van der Waals surface area contributed by atoms with E-state index in [4.69, 9.17) is 0 Å². The molecule has 2 aromatic rings. The fourth-order valence-corrected chi connectivity index (χ4v) is 3.68. The van der Waals surface area contributed by atoms with Gasteiger partial charge in [-0.3, -0.25) is 9.59 Å². The predicted octanol–water partition coefficient (Wildman–Crippen LogP) is 1.77. The maximum atomic E-state index is 12.9. The number of benzene rings is 1. The van der Waals surface area contributed by atoms with Crippen LogP contribution >= 0.6 is 0 Å². The van der Waals surface area contributed by atoms with Crippen molar-refractivity contribution in [2.75, 3.05) is 31.1 Å². The minimum Gasteiger partial charge on any atom is -0.353 e. The third kappa shape index (κ3) is 2.92. The number of anilines is 1. The number of pyridine rings is 1. The average molecular weight is 350 g/mol. The van der Waals surface area contributed by atoms with E-state index in [-0.39, 0.29) is 11.8 Å². The SMILES string of the molecule is C[C@H](C(=O)N1CCN(c2ccccn2)CC1)N1Cc2ccccc2C1=O. The smallest absolute Gasteiger partial charge is 0.255 e. The molecule has 0 aliphatic carbocycles. The number of carbonyl (C=O) groups excluding carboxylic acids is 2. The highest BCUT2D eigenvalue weighted by Crippen LogP contribution is 2.25. The van der Waals surface area contributed by atoms with Gasteiger partial charge < -0.3 is 14.7 Å². The van der Waals surface area contributed by atoms with Crippen LogP contribution in [0.15, 0.2) is 48.7 Å². The molecule has 0 saturated carbocycles. The van der Waals surface area contributed by atoms with Gasteiger partial charge in [-0.15, -0.1) is 0 Å². The van der Waals surface area contributed by atoms with Crippen molar-refractivity contribution in [3.05, 3.63) is 59.8 Å². The Morgan fingerprint density at radius 2 is 1.77 bits per heavy atom. The number of aromatic nitrogens is 1. The first-order valence-corrected chi connectivity index (χ1v) is 8.99. The van der Waals surface area contributed by atoms with E-state index in [2.05, 4.69) is 9.88 Å². The van der Waals surface area contributed by atoms with E-state index in [0.29, 0.717) is 25.2 Å². The number of amides is 2. The van der Waals surface area contributed by atoms with Gasteiger partial charge in [0.2, 0.25) is 5.91 Å². The van der Waals surface area contributed by atoms with Gasteiger partial charge >= 0.3 is 0 Å². The van der Waals surface area contributed by atoms with Crippen LogP contribution in [0.5, 0.6) is 0 Å². The summed E-state index contributed by atoms with van der Waals surface area (Å²) in [6, 6.07) is 13.0. The molecule has 2 amide bonds. The zero-order valence-electron chi connectivity index (χ0n) is 14.8. The Labute approximate surface area is 153 Å². The normalized spacial score (nSPS) is 18.0. The first-order chi connectivity index (χ1) is 12.6. The summed E-state index contributed by atoms with van der Waals surface area (Å²) >= 11 is 0. The molecule has 4 rings (SSSR count). The van der Waals surface area contributed by atoms with Crippen molar-refractivity contribution in [1.29, 1.82) is 0 Å². The second-order valence-electron chi connectivity index (χ2n) is 6.77. The highest BCUT2D eigenvalue weighted by Gasteiger charge is 2.36. The van der Waals surface area contributed by atoms with Crippen LogP contribution in [0.2, 0.25) is 0 Å². The molecule has 1 saturated heterocycles. The lowest BCUT2D eigenvalue weighted by Gasteiger charge is -2.37. The minimum absolute atomic E-state index is 0.0202. The van der Waals surface area contributed by atoms with Gasteiger partial charge in [0, 0.05) is 44.5 Å². The van der Waals surface area contributed by atoms with Gasteiger partial charge in [0.05, 0.1) is 0 Å². The van der Waals surface area contributed by atoms with Crippen molar-refractivity contribution in [3.8, 4) is 0 Å². The van der Waals surface area contributed by atoms with E-state index in [1.807, 2.05) is 54.3 Å². The fourth-order valence-electron chi connectivity index (χ4n) is 3.68.